The van der Waals surface area contributed by atoms with E-state index in [4.69, 9.17) is 11.6 Å². The summed E-state index contributed by atoms with van der Waals surface area (Å²) in [5, 5.41) is 0. The Balaban J connectivity index is 2.19. The molecule has 0 N–H and O–H groups in total. The number of nitrogens with zero attached hydrogens (tertiary/aromatic N) is 1. The van der Waals surface area contributed by atoms with Crippen LogP contribution in [-0.2, 0) is 0 Å². The van der Waals surface area contributed by atoms with Crippen LogP contribution < -0.4 is 0 Å². The smallest absolute Gasteiger partial charge is 0.0642 e. The van der Waals surface area contributed by atoms with Crippen LogP contribution in [0.4, 0.5) is 0 Å². The second-order valence-corrected chi connectivity index (χ2v) is 3.60. The first-order valence-electron chi connectivity index (χ1n) is 4.58. The molecule has 13 heavy (non-hydrogen) atoms. The summed E-state index contributed by atoms with van der Waals surface area (Å²) < 4.78 is 0. The fraction of sp³-hybridized carbons (Fsp3) is 0.364. The van der Waals surface area contributed by atoms with Crippen LogP contribution in [0, 0.1) is 0 Å². The summed E-state index contributed by atoms with van der Waals surface area (Å²) in [4.78, 5) is 4.56. The lowest BCUT2D eigenvalue weighted by molar-refractivity contribution is 0.745. The van der Waals surface area contributed by atoms with Gasteiger partial charge in [-0.05, 0) is 18.4 Å². The van der Waals surface area contributed by atoms with Gasteiger partial charge in [-0.3, -0.25) is 4.99 Å². The van der Waals surface area contributed by atoms with Gasteiger partial charge in [-0.1, -0.05) is 30.3 Å². The number of hydrogen-bond donors (Lipinski definition) is 0. The summed E-state index contributed by atoms with van der Waals surface area (Å²) in [6, 6.07) is 10.7. The molecule has 0 amide bonds. The first-order chi connectivity index (χ1) is 6.40. The van der Waals surface area contributed by atoms with E-state index in [1.165, 1.54) is 11.3 Å². The highest BCUT2D eigenvalue weighted by Crippen LogP contribution is 2.18. The zero-order valence-electron chi connectivity index (χ0n) is 7.41. The van der Waals surface area contributed by atoms with Crippen LogP contribution in [0.1, 0.15) is 18.4 Å². The van der Waals surface area contributed by atoms with Gasteiger partial charge in [0, 0.05) is 11.6 Å². The normalized spacial score (nSPS) is 21.6. The minimum Gasteiger partial charge on any atom is -0.285 e. The van der Waals surface area contributed by atoms with Gasteiger partial charge in [0.15, 0.2) is 0 Å². The zero-order chi connectivity index (χ0) is 9.10. The molecule has 1 aromatic rings. The van der Waals surface area contributed by atoms with Crippen molar-refractivity contribution in [3.63, 3.8) is 0 Å². The van der Waals surface area contributed by atoms with E-state index in [-0.39, 0.29) is 0 Å². The van der Waals surface area contributed by atoms with Crippen molar-refractivity contribution < 1.29 is 0 Å². The lowest BCUT2D eigenvalue weighted by Gasteiger charge is -1.98. The van der Waals surface area contributed by atoms with Gasteiger partial charge in [-0.25, -0.2) is 0 Å². The minimum absolute atomic E-state index is 0.344. The Morgan fingerprint density at radius 1 is 1.31 bits per heavy atom. The number of hydrogen-bond acceptors (Lipinski definition) is 1. The topological polar surface area (TPSA) is 12.4 Å². The van der Waals surface area contributed by atoms with Gasteiger partial charge >= 0.3 is 0 Å². The molecule has 0 saturated carbocycles. The van der Waals surface area contributed by atoms with Crippen molar-refractivity contribution in [2.24, 2.45) is 4.99 Å². The van der Waals surface area contributed by atoms with Crippen molar-refractivity contribution in [2.75, 3.05) is 5.88 Å². The molecule has 1 heterocycles. The van der Waals surface area contributed by atoms with Crippen LogP contribution in [0.25, 0.3) is 0 Å². The molecule has 1 atom stereocenters. The van der Waals surface area contributed by atoms with Crippen molar-refractivity contribution in [2.45, 2.75) is 18.9 Å². The maximum absolute atomic E-state index is 5.75. The molecule has 0 bridgehead atoms. The fourth-order valence-corrected chi connectivity index (χ4v) is 1.84. The van der Waals surface area contributed by atoms with E-state index in [1.54, 1.807) is 0 Å². The molecule has 0 aliphatic carbocycles. The average molecular weight is 194 g/mol. The molecule has 2 rings (SSSR count). The van der Waals surface area contributed by atoms with Crippen LogP contribution >= 0.6 is 11.6 Å². The Bertz CT molecular complexity index is 305. The lowest BCUT2D eigenvalue weighted by atomic mass is 10.1. The van der Waals surface area contributed by atoms with E-state index in [1.807, 2.05) is 18.2 Å². The van der Waals surface area contributed by atoms with Gasteiger partial charge in [-0.15, -0.1) is 11.6 Å². The van der Waals surface area contributed by atoms with Crippen LogP contribution in [0.3, 0.4) is 0 Å². The van der Waals surface area contributed by atoms with E-state index in [0.29, 0.717) is 11.9 Å². The van der Waals surface area contributed by atoms with Gasteiger partial charge in [0.2, 0.25) is 0 Å². The molecule has 0 fully saturated rings. The van der Waals surface area contributed by atoms with E-state index in [9.17, 15) is 0 Å². The summed E-state index contributed by atoms with van der Waals surface area (Å²) in [7, 11) is 0. The molecule has 1 aliphatic heterocycles. The molecule has 1 aromatic carbocycles. The molecule has 1 unspecified atom stereocenters. The van der Waals surface area contributed by atoms with Crippen molar-refractivity contribution in [3.05, 3.63) is 35.9 Å². The number of rotatable bonds is 2. The number of alkyl halides is 1. The van der Waals surface area contributed by atoms with Gasteiger partial charge in [-0.2, -0.15) is 0 Å². The van der Waals surface area contributed by atoms with Crippen molar-refractivity contribution >= 4 is 17.3 Å². The second kappa shape index (κ2) is 3.93. The van der Waals surface area contributed by atoms with Gasteiger partial charge in [0.05, 0.1) is 6.04 Å². The quantitative estimate of drug-likeness (QED) is 0.641. The highest BCUT2D eigenvalue weighted by Gasteiger charge is 2.16. The van der Waals surface area contributed by atoms with Crippen LogP contribution in [0.2, 0.25) is 0 Å². The summed E-state index contributed by atoms with van der Waals surface area (Å²) >= 11 is 5.75. The summed E-state index contributed by atoms with van der Waals surface area (Å²) in [6.07, 6.45) is 2.18. The third-order valence-electron chi connectivity index (χ3n) is 2.34. The summed E-state index contributed by atoms with van der Waals surface area (Å²) in [6.45, 7) is 0. The molecule has 68 valence electrons. The predicted molar refractivity (Wildman–Crippen MR) is 56.7 cm³/mol. The van der Waals surface area contributed by atoms with Gasteiger partial charge < -0.3 is 0 Å². The lowest BCUT2D eigenvalue weighted by Crippen LogP contribution is -1.99. The Labute approximate surface area is 83.4 Å². The highest BCUT2D eigenvalue weighted by atomic mass is 35.5. The Morgan fingerprint density at radius 3 is 2.69 bits per heavy atom. The fourth-order valence-electron chi connectivity index (χ4n) is 1.61. The van der Waals surface area contributed by atoms with Crippen molar-refractivity contribution in [3.8, 4) is 0 Å². The third kappa shape index (κ3) is 1.92. The first kappa shape index (κ1) is 8.76. The SMILES string of the molecule is ClCC1CCC(c2ccccc2)=N1. The molecule has 0 saturated heterocycles. The first-order valence-corrected chi connectivity index (χ1v) is 5.11. The maximum atomic E-state index is 5.75. The van der Waals surface area contributed by atoms with E-state index in [2.05, 4.69) is 17.1 Å². The molecule has 0 aromatic heterocycles. The standard InChI is InChI=1S/C11H12ClN/c12-8-10-6-7-11(13-10)9-4-2-1-3-5-9/h1-5,10H,6-8H2. The molecule has 1 nitrogen and oxygen atoms in total. The monoisotopic (exact) mass is 193 g/mol. The number of benzene rings is 1. The Kier molecular flexibility index (Phi) is 2.65. The molecule has 0 radical (unpaired) electrons. The van der Waals surface area contributed by atoms with Crippen LogP contribution in [0.5, 0.6) is 0 Å². The zero-order valence-corrected chi connectivity index (χ0v) is 8.17. The Morgan fingerprint density at radius 2 is 2.08 bits per heavy atom. The number of aliphatic imine (C=N–C) groups is 1. The molecule has 1 aliphatic rings. The molecule has 0 spiro atoms. The van der Waals surface area contributed by atoms with Crippen LogP contribution in [0.15, 0.2) is 35.3 Å². The molecule has 2 heteroatoms. The molecular weight excluding hydrogens is 182 g/mol. The largest absolute Gasteiger partial charge is 0.285 e. The molecular formula is C11H12ClN. The predicted octanol–water partition coefficient (Wildman–Crippen LogP) is 2.88. The van der Waals surface area contributed by atoms with E-state index >= 15 is 0 Å². The number of halogens is 1. The average Bonchev–Trinajstić information content (AvgIpc) is 2.67. The van der Waals surface area contributed by atoms with E-state index < -0.39 is 0 Å². The van der Waals surface area contributed by atoms with E-state index in [0.717, 1.165) is 12.8 Å². The van der Waals surface area contributed by atoms with Crippen molar-refractivity contribution in [1.82, 2.24) is 0 Å². The maximum Gasteiger partial charge on any atom is 0.0642 e. The summed E-state index contributed by atoms with van der Waals surface area (Å²) in [5.41, 5.74) is 2.46. The third-order valence-corrected chi connectivity index (χ3v) is 2.69. The van der Waals surface area contributed by atoms with Gasteiger partial charge in [0.1, 0.15) is 0 Å². The van der Waals surface area contributed by atoms with Crippen LogP contribution in [-0.4, -0.2) is 17.6 Å². The Hall–Kier alpha value is -0.820. The highest BCUT2D eigenvalue weighted by molar-refractivity contribution is 6.18. The van der Waals surface area contributed by atoms with Gasteiger partial charge in [0.25, 0.3) is 0 Å². The van der Waals surface area contributed by atoms with Crippen molar-refractivity contribution in [1.29, 1.82) is 0 Å². The minimum atomic E-state index is 0.344. The summed E-state index contributed by atoms with van der Waals surface area (Å²) in [5.74, 6) is 0.649. The second-order valence-electron chi connectivity index (χ2n) is 3.29.